The monoisotopic (exact) mass is 292 g/mol. The van der Waals surface area contributed by atoms with Crippen molar-refractivity contribution in [3.8, 4) is 0 Å². The molecule has 2 aliphatic rings. The van der Waals surface area contributed by atoms with Crippen LogP contribution in [0.1, 0.15) is 38.5 Å². The van der Waals surface area contributed by atoms with Gasteiger partial charge in [-0.3, -0.25) is 4.79 Å². The average molecular weight is 293 g/mol. The van der Waals surface area contributed by atoms with Crippen molar-refractivity contribution in [1.29, 1.82) is 0 Å². The van der Waals surface area contributed by atoms with Crippen LogP contribution in [0, 0.1) is 5.92 Å². The fourth-order valence-electron chi connectivity index (χ4n) is 3.50. The highest BCUT2D eigenvalue weighted by molar-refractivity contribution is 6.30. The van der Waals surface area contributed by atoms with Gasteiger partial charge in [-0.2, -0.15) is 0 Å². The number of piperidine rings is 1. The molecule has 1 aliphatic carbocycles. The van der Waals surface area contributed by atoms with Crippen LogP contribution in [0.5, 0.6) is 0 Å². The fourth-order valence-corrected chi connectivity index (χ4v) is 3.69. The number of carbonyl (C=O) groups excluding carboxylic acids is 1. The molecule has 3 nitrogen and oxygen atoms in total. The molecule has 0 aromatic heterocycles. The molecule has 1 aliphatic heterocycles. The summed E-state index contributed by atoms with van der Waals surface area (Å²) in [5.41, 5.74) is 0.773. The summed E-state index contributed by atoms with van der Waals surface area (Å²) in [4.78, 5) is 12.3. The molecule has 108 valence electrons. The predicted molar refractivity (Wildman–Crippen MR) is 82.0 cm³/mol. The minimum absolute atomic E-state index is 0.0617. The highest BCUT2D eigenvalue weighted by Gasteiger charge is 2.34. The van der Waals surface area contributed by atoms with Crippen molar-refractivity contribution in [2.75, 3.05) is 5.32 Å². The van der Waals surface area contributed by atoms with E-state index in [1.54, 1.807) is 6.07 Å². The molecule has 3 rings (SSSR count). The summed E-state index contributed by atoms with van der Waals surface area (Å²) < 4.78 is 0. The van der Waals surface area contributed by atoms with Crippen molar-refractivity contribution in [3.63, 3.8) is 0 Å². The van der Waals surface area contributed by atoms with Crippen molar-refractivity contribution >= 4 is 23.2 Å². The van der Waals surface area contributed by atoms with Gasteiger partial charge in [-0.1, -0.05) is 30.5 Å². The fraction of sp³-hybridized carbons (Fsp3) is 0.562. The van der Waals surface area contributed by atoms with Gasteiger partial charge in [0.2, 0.25) is 5.91 Å². The Morgan fingerprint density at radius 3 is 2.90 bits per heavy atom. The smallest absolute Gasteiger partial charge is 0.241 e. The number of anilines is 1. The van der Waals surface area contributed by atoms with E-state index in [9.17, 15) is 4.79 Å². The summed E-state index contributed by atoms with van der Waals surface area (Å²) in [6.07, 6.45) is 7.28. The molecule has 3 atom stereocenters. The molecule has 2 fully saturated rings. The van der Waals surface area contributed by atoms with Crippen LogP contribution in [0.15, 0.2) is 24.3 Å². The normalized spacial score (nSPS) is 29.6. The summed E-state index contributed by atoms with van der Waals surface area (Å²) in [6, 6.07) is 7.79. The summed E-state index contributed by atoms with van der Waals surface area (Å²) in [5, 5.41) is 7.15. The van der Waals surface area contributed by atoms with E-state index in [0.29, 0.717) is 11.1 Å². The van der Waals surface area contributed by atoms with E-state index in [2.05, 4.69) is 10.6 Å². The topological polar surface area (TPSA) is 41.1 Å². The first-order valence-electron chi connectivity index (χ1n) is 7.55. The van der Waals surface area contributed by atoms with Crippen molar-refractivity contribution in [3.05, 3.63) is 29.3 Å². The third-order valence-electron chi connectivity index (χ3n) is 4.56. The number of fused-ring (bicyclic) bond motifs is 1. The highest BCUT2D eigenvalue weighted by atomic mass is 35.5. The van der Waals surface area contributed by atoms with Crippen LogP contribution >= 0.6 is 11.6 Å². The lowest BCUT2D eigenvalue weighted by Crippen LogP contribution is -2.53. The van der Waals surface area contributed by atoms with Crippen LogP contribution in [0.2, 0.25) is 5.02 Å². The molecule has 4 heteroatoms. The van der Waals surface area contributed by atoms with E-state index in [-0.39, 0.29) is 11.9 Å². The number of hydrogen-bond acceptors (Lipinski definition) is 2. The average Bonchev–Trinajstić information content (AvgIpc) is 2.47. The molecule has 1 saturated carbocycles. The lowest BCUT2D eigenvalue weighted by atomic mass is 9.77. The standard InChI is InChI=1S/C16H21ClN2O/c17-12-5-3-6-13(10-12)18-16(20)15-9-8-11-4-1-2-7-14(11)19-15/h3,5-6,10-11,14-15,19H,1-2,4,7-9H2,(H,18,20). The number of amides is 1. The Labute approximate surface area is 125 Å². The highest BCUT2D eigenvalue weighted by Crippen LogP contribution is 2.32. The second-order valence-corrected chi connectivity index (χ2v) is 6.38. The zero-order valence-electron chi connectivity index (χ0n) is 11.6. The molecular weight excluding hydrogens is 272 g/mol. The summed E-state index contributed by atoms with van der Waals surface area (Å²) in [7, 11) is 0. The van der Waals surface area contributed by atoms with Gasteiger partial charge in [0.05, 0.1) is 6.04 Å². The van der Waals surface area contributed by atoms with Crippen molar-refractivity contribution in [1.82, 2.24) is 5.32 Å². The Morgan fingerprint density at radius 2 is 2.05 bits per heavy atom. The molecule has 0 bridgehead atoms. The number of hydrogen-bond donors (Lipinski definition) is 2. The van der Waals surface area contributed by atoms with Crippen LogP contribution in [-0.4, -0.2) is 18.0 Å². The van der Waals surface area contributed by atoms with Gasteiger partial charge < -0.3 is 10.6 Å². The Balaban J connectivity index is 1.60. The van der Waals surface area contributed by atoms with E-state index in [4.69, 9.17) is 11.6 Å². The third kappa shape index (κ3) is 3.15. The van der Waals surface area contributed by atoms with Crippen LogP contribution < -0.4 is 10.6 Å². The van der Waals surface area contributed by atoms with Crippen LogP contribution in [0.25, 0.3) is 0 Å². The number of nitrogens with one attached hydrogen (secondary N) is 2. The zero-order valence-corrected chi connectivity index (χ0v) is 12.3. The number of carbonyl (C=O) groups is 1. The van der Waals surface area contributed by atoms with E-state index in [1.165, 1.54) is 32.1 Å². The second kappa shape index (κ2) is 6.15. The quantitative estimate of drug-likeness (QED) is 0.874. The van der Waals surface area contributed by atoms with E-state index in [0.717, 1.165) is 18.0 Å². The first-order chi connectivity index (χ1) is 9.72. The minimum atomic E-state index is -0.0617. The first kappa shape index (κ1) is 13.9. The Hall–Kier alpha value is -1.06. The van der Waals surface area contributed by atoms with Crippen LogP contribution in [-0.2, 0) is 4.79 Å². The zero-order chi connectivity index (χ0) is 13.9. The molecule has 1 saturated heterocycles. The maximum absolute atomic E-state index is 12.3. The largest absolute Gasteiger partial charge is 0.325 e. The molecule has 0 spiro atoms. The van der Waals surface area contributed by atoms with E-state index < -0.39 is 0 Å². The van der Waals surface area contributed by atoms with Gasteiger partial charge in [-0.15, -0.1) is 0 Å². The van der Waals surface area contributed by atoms with Gasteiger partial charge in [0.15, 0.2) is 0 Å². The Bertz CT molecular complexity index is 491. The van der Waals surface area contributed by atoms with Crippen molar-refractivity contribution in [2.45, 2.75) is 50.6 Å². The molecular formula is C16H21ClN2O. The van der Waals surface area contributed by atoms with Crippen molar-refractivity contribution in [2.24, 2.45) is 5.92 Å². The van der Waals surface area contributed by atoms with Gasteiger partial charge >= 0.3 is 0 Å². The first-order valence-corrected chi connectivity index (χ1v) is 7.92. The lowest BCUT2D eigenvalue weighted by Gasteiger charge is -2.39. The minimum Gasteiger partial charge on any atom is -0.325 e. The van der Waals surface area contributed by atoms with Gasteiger partial charge in [-0.25, -0.2) is 0 Å². The molecule has 2 N–H and O–H groups in total. The van der Waals surface area contributed by atoms with Gasteiger partial charge in [0.25, 0.3) is 0 Å². The van der Waals surface area contributed by atoms with Crippen molar-refractivity contribution < 1.29 is 4.79 Å². The summed E-state index contributed by atoms with van der Waals surface area (Å²) in [6.45, 7) is 0. The predicted octanol–water partition coefficient (Wildman–Crippen LogP) is 3.59. The van der Waals surface area contributed by atoms with Crippen LogP contribution in [0.4, 0.5) is 5.69 Å². The second-order valence-electron chi connectivity index (χ2n) is 5.95. The van der Waals surface area contributed by atoms with E-state index in [1.807, 2.05) is 18.2 Å². The molecule has 1 aromatic carbocycles. The van der Waals surface area contributed by atoms with Gasteiger partial charge in [-0.05, 0) is 49.8 Å². The third-order valence-corrected chi connectivity index (χ3v) is 4.79. The maximum atomic E-state index is 12.3. The summed E-state index contributed by atoms with van der Waals surface area (Å²) >= 11 is 5.94. The molecule has 0 radical (unpaired) electrons. The van der Waals surface area contributed by atoms with Gasteiger partial charge in [0, 0.05) is 16.8 Å². The Kier molecular flexibility index (Phi) is 4.27. The molecule has 3 unspecified atom stereocenters. The molecule has 20 heavy (non-hydrogen) atoms. The number of benzene rings is 1. The number of halogens is 1. The van der Waals surface area contributed by atoms with Crippen LogP contribution in [0.3, 0.4) is 0 Å². The van der Waals surface area contributed by atoms with Gasteiger partial charge in [0.1, 0.15) is 0 Å². The SMILES string of the molecule is O=C(Nc1cccc(Cl)c1)C1CCC2CCCCC2N1. The maximum Gasteiger partial charge on any atom is 0.241 e. The number of rotatable bonds is 2. The summed E-state index contributed by atoms with van der Waals surface area (Å²) in [5.74, 6) is 0.843. The Morgan fingerprint density at radius 1 is 1.20 bits per heavy atom. The lowest BCUT2D eigenvalue weighted by molar-refractivity contribution is -0.119. The molecule has 1 aromatic rings. The molecule has 1 heterocycles. The molecule has 1 amide bonds. The van der Waals surface area contributed by atoms with E-state index >= 15 is 0 Å².